The average Bonchev–Trinajstić information content (AvgIpc) is 2.44. The summed E-state index contributed by atoms with van der Waals surface area (Å²) >= 11 is 0. The second-order valence-electron chi connectivity index (χ2n) is 4.94. The van der Waals surface area contributed by atoms with Gasteiger partial charge in [0, 0.05) is 12.6 Å². The lowest BCUT2D eigenvalue weighted by Crippen LogP contribution is -2.26. The lowest BCUT2D eigenvalue weighted by atomic mass is 10.1. The molecule has 0 saturated heterocycles. The number of benzene rings is 1. The Morgan fingerprint density at radius 3 is 2.70 bits per heavy atom. The molecule has 5 nitrogen and oxygen atoms in total. The first kappa shape index (κ1) is 19.1. The standard InChI is InChI=1S/C16H23F2N3O2/c1-5-7-15(20-12(3)23-16(17)18)22-10-13-11(2)8-6-9-14(13)21(4)19/h5-9,12,16H,10,19H2,1-4H3/b7-5-,20-15?. The van der Waals surface area contributed by atoms with E-state index in [4.69, 9.17) is 10.6 Å². The molecule has 0 aliphatic carbocycles. The van der Waals surface area contributed by atoms with Crippen LogP contribution in [0, 0.1) is 6.92 Å². The maximum absolute atomic E-state index is 12.2. The van der Waals surface area contributed by atoms with Crippen LogP contribution in [0.2, 0.25) is 0 Å². The smallest absolute Gasteiger partial charge is 0.347 e. The minimum absolute atomic E-state index is 0.216. The lowest BCUT2D eigenvalue weighted by Gasteiger charge is -2.19. The van der Waals surface area contributed by atoms with Crippen LogP contribution in [0.5, 0.6) is 0 Å². The SMILES string of the molecule is C/C=C\C(=NC(C)OC(F)F)OCc1c(C)cccc1N(C)N. The van der Waals surface area contributed by atoms with Crippen molar-refractivity contribution in [2.24, 2.45) is 10.8 Å². The zero-order valence-electron chi connectivity index (χ0n) is 13.8. The van der Waals surface area contributed by atoms with E-state index in [1.54, 1.807) is 26.1 Å². The summed E-state index contributed by atoms with van der Waals surface area (Å²) in [5.74, 6) is 6.03. The molecule has 128 valence electrons. The molecule has 0 amide bonds. The second-order valence-corrected chi connectivity index (χ2v) is 4.94. The van der Waals surface area contributed by atoms with Crippen molar-refractivity contribution in [3.63, 3.8) is 0 Å². The van der Waals surface area contributed by atoms with Crippen molar-refractivity contribution in [2.45, 2.75) is 40.2 Å². The van der Waals surface area contributed by atoms with Crippen LogP contribution in [0.1, 0.15) is 25.0 Å². The predicted molar refractivity (Wildman–Crippen MR) is 87.4 cm³/mol. The summed E-state index contributed by atoms with van der Waals surface area (Å²) in [6.07, 6.45) is 2.30. The molecule has 1 aromatic carbocycles. The molecule has 0 fully saturated rings. The van der Waals surface area contributed by atoms with E-state index in [1.165, 1.54) is 11.9 Å². The molecule has 23 heavy (non-hydrogen) atoms. The minimum Gasteiger partial charge on any atom is -0.473 e. The number of nitrogens with zero attached hydrogens (tertiary/aromatic N) is 2. The summed E-state index contributed by atoms with van der Waals surface area (Å²) in [6.45, 7) is 2.49. The average molecular weight is 327 g/mol. The zero-order chi connectivity index (χ0) is 17.4. The van der Waals surface area contributed by atoms with Crippen LogP contribution in [0.3, 0.4) is 0 Å². The van der Waals surface area contributed by atoms with E-state index < -0.39 is 12.8 Å². The molecule has 0 aliphatic rings. The highest BCUT2D eigenvalue weighted by Gasteiger charge is 2.12. The number of aliphatic imine (C=N–C) groups is 1. The van der Waals surface area contributed by atoms with E-state index in [-0.39, 0.29) is 12.5 Å². The van der Waals surface area contributed by atoms with E-state index in [0.29, 0.717) is 0 Å². The van der Waals surface area contributed by atoms with Gasteiger partial charge in [-0.3, -0.25) is 4.74 Å². The van der Waals surface area contributed by atoms with Crippen LogP contribution in [0.15, 0.2) is 35.3 Å². The highest BCUT2D eigenvalue weighted by molar-refractivity contribution is 5.87. The third-order valence-electron chi connectivity index (χ3n) is 3.05. The number of rotatable bonds is 7. The van der Waals surface area contributed by atoms with Crippen molar-refractivity contribution in [3.8, 4) is 0 Å². The van der Waals surface area contributed by atoms with E-state index in [1.807, 2.05) is 25.1 Å². The summed E-state index contributed by atoms with van der Waals surface area (Å²) in [7, 11) is 1.73. The number of anilines is 1. The van der Waals surface area contributed by atoms with E-state index in [9.17, 15) is 8.78 Å². The Kier molecular flexibility index (Phi) is 7.64. The summed E-state index contributed by atoms with van der Waals surface area (Å²) in [5, 5.41) is 1.50. The maximum Gasteiger partial charge on any atom is 0.347 e. The quantitative estimate of drug-likeness (QED) is 0.361. The van der Waals surface area contributed by atoms with Crippen LogP contribution in [0.4, 0.5) is 14.5 Å². The zero-order valence-corrected chi connectivity index (χ0v) is 13.8. The largest absolute Gasteiger partial charge is 0.473 e. The fourth-order valence-corrected chi connectivity index (χ4v) is 1.98. The van der Waals surface area contributed by atoms with Gasteiger partial charge in [0.2, 0.25) is 5.90 Å². The van der Waals surface area contributed by atoms with Gasteiger partial charge in [-0.05, 0) is 38.5 Å². The Morgan fingerprint density at radius 1 is 1.43 bits per heavy atom. The van der Waals surface area contributed by atoms with E-state index in [2.05, 4.69) is 9.73 Å². The number of alkyl halides is 2. The molecule has 0 spiro atoms. The monoisotopic (exact) mass is 327 g/mol. The van der Waals surface area contributed by atoms with E-state index >= 15 is 0 Å². The van der Waals surface area contributed by atoms with Crippen LogP contribution in [0.25, 0.3) is 0 Å². The number of aryl methyl sites for hydroxylation is 1. The highest BCUT2D eigenvalue weighted by atomic mass is 19.3. The van der Waals surface area contributed by atoms with Gasteiger partial charge in [-0.15, -0.1) is 0 Å². The molecule has 0 aromatic heterocycles. The number of allylic oxidation sites excluding steroid dienone is 1. The Morgan fingerprint density at radius 2 is 2.13 bits per heavy atom. The predicted octanol–water partition coefficient (Wildman–Crippen LogP) is 3.38. The number of halogens is 2. The Labute approximate surface area is 135 Å². The van der Waals surface area contributed by atoms with Gasteiger partial charge in [0.25, 0.3) is 0 Å². The molecular formula is C16H23F2N3O2. The molecule has 1 aromatic rings. The number of nitrogens with two attached hydrogens (primary N) is 1. The van der Waals surface area contributed by atoms with Crippen LogP contribution in [-0.4, -0.2) is 25.8 Å². The number of hydrogen-bond donors (Lipinski definition) is 1. The van der Waals surface area contributed by atoms with Gasteiger partial charge in [-0.2, -0.15) is 8.78 Å². The van der Waals surface area contributed by atoms with Gasteiger partial charge in [0.1, 0.15) is 6.61 Å². The Bertz CT molecular complexity index is 560. The fraction of sp³-hybridized carbons (Fsp3) is 0.438. The number of hydrazine groups is 1. The molecule has 0 bridgehead atoms. The third-order valence-corrected chi connectivity index (χ3v) is 3.05. The Balaban J connectivity index is 2.90. The van der Waals surface area contributed by atoms with Gasteiger partial charge in [-0.1, -0.05) is 18.2 Å². The molecular weight excluding hydrogens is 304 g/mol. The Hall–Kier alpha value is -1.99. The molecule has 0 aliphatic heterocycles. The first-order valence-electron chi connectivity index (χ1n) is 7.19. The fourth-order valence-electron chi connectivity index (χ4n) is 1.98. The number of ether oxygens (including phenoxy) is 2. The number of hydrogen-bond acceptors (Lipinski definition) is 5. The van der Waals surface area contributed by atoms with Gasteiger partial charge in [0.05, 0.1) is 5.69 Å². The van der Waals surface area contributed by atoms with Gasteiger partial charge < -0.3 is 9.75 Å². The van der Waals surface area contributed by atoms with Crippen LogP contribution >= 0.6 is 0 Å². The summed E-state index contributed by atoms with van der Waals surface area (Å²) < 4.78 is 34.3. The first-order valence-corrected chi connectivity index (χ1v) is 7.19. The minimum atomic E-state index is -2.88. The normalized spacial score (nSPS) is 13.7. The molecule has 1 rings (SSSR count). The molecule has 0 heterocycles. The van der Waals surface area contributed by atoms with Gasteiger partial charge in [0.15, 0.2) is 6.23 Å². The first-order chi connectivity index (χ1) is 10.8. The van der Waals surface area contributed by atoms with Crippen molar-refractivity contribution < 1.29 is 18.3 Å². The molecule has 2 N–H and O–H groups in total. The molecule has 1 unspecified atom stereocenters. The second kappa shape index (κ2) is 9.22. The van der Waals surface area contributed by atoms with Crippen molar-refractivity contribution in [2.75, 3.05) is 12.1 Å². The summed E-state index contributed by atoms with van der Waals surface area (Å²) in [6, 6.07) is 5.72. The topological polar surface area (TPSA) is 60.1 Å². The summed E-state index contributed by atoms with van der Waals surface area (Å²) in [4.78, 5) is 3.99. The third kappa shape index (κ3) is 6.33. The van der Waals surface area contributed by atoms with Gasteiger partial charge >= 0.3 is 6.61 Å². The van der Waals surface area contributed by atoms with Crippen LogP contribution in [-0.2, 0) is 16.1 Å². The van der Waals surface area contributed by atoms with Crippen molar-refractivity contribution in [1.29, 1.82) is 0 Å². The highest BCUT2D eigenvalue weighted by Crippen LogP contribution is 2.22. The van der Waals surface area contributed by atoms with E-state index in [0.717, 1.165) is 16.8 Å². The van der Waals surface area contributed by atoms with Crippen molar-refractivity contribution in [3.05, 3.63) is 41.5 Å². The van der Waals surface area contributed by atoms with Gasteiger partial charge in [-0.25, -0.2) is 10.8 Å². The maximum atomic E-state index is 12.2. The summed E-state index contributed by atoms with van der Waals surface area (Å²) in [5.41, 5.74) is 2.73. The molecule has 7 heteroatoms. The lowest BCUT2D eigenvalue weighted by molar-refractivity contribution is -0.155. The molecule has 1 atom stereocenters. The molecule has 0 radical (unpaired) electrons. The van der Waals surface area contributed by atoms with Crippen molar-refractivity contribution in [1.82, 2.24) is 0 Å². The van der Waals surface area contributed by atoms with Crippen LogP contribution < -0.4 is 10.9 Å². The molecule has 0 saturated carbocycles. The van der Waals surface area contributed by atoms with Crippen molar-refractivity contribution >= 4 is 11.6 Å².